The second-order valence-electron chi connectivity index (χ2n) is 4.54. The van der Waals surface area contributed by atoms with Gasteiger partial charge in [0.15, 0.2) is 11.6 Å². The van der Waals surface area contributed by atoms with E-state index in [-0.39, 0.29) is 11.3 Å². The molecule has 1 N–H and O–H groups in total. The lowest BCUT2D eigenvalue weighted by atomic mass is 10.1. The van der Waals surface area contributed by atoms with Gasteiger partial charge in [0, 0.05) is 11.3 Å². The number of hydrogen-bond donors (Lipinski definition) is 1. The second-order valence-corrected chi connectivity index (χ2v) is 5.73. The molecule has 1 atom stereocenters. The van der Waals surface area contributed by atoms with Gasteiger partial charge in [-0.15, -0.1) is 11.8 Å². The van der Waals surface area contributed by atoms with Gasteiger partial charge in [-0.05, 0) is 18.1 Å². The van der Waals surface area contributed by atoms with Gasteiger partial charge in [-0.1, -0.05) is 42.5 Å². The molecule has 110 valence electrons. The van der Waals surface area contributed by atoms with Crippen molar-refractivity contribution < 1.29 is 18.7 Å². The smallest absolute Gasteiger partial charge is 0.316 e. The van der Waals surface area contributed by atoms with Crippen LogP contribution in [0.2, 0.25) is 0 Å². The molecule has 1 unspecified atom stereocenters. The summed E-state index contributed by atoms with van der Waals surface area (Å²) in [6.45, 7) is 0. The van der Waals surface area contributed by atoms with Crippen LogP contribution in [0.15, 0.2) is 48.5 Å². The summed E-state index contributed by atoms with van der Waals surface area (Å²) in [5.74, 6) is -2.66. The molecular formula is C16H14F2O2S. The van der Waals surface area contributed by atoms with Crippen LogP contribution in [0.1, 0.15) is 11.1 Å². The molecule has 2 aromatic carbocycles. The van der Waals surface area contributed by atoms with Crippen molar-refractivity contribution in [3.63, 3.8) is 0 Å². The lowest BCUT2D eigenvalue weighted by Crippen LogP contribution is -2.19. The largest absolute Gasteiger partial charge is 0.480 e. The molecule has 0 saturated heterocycles. The summed E-state index contributed by atoms with van der Waals surface area (Å²) in [4.78, 5) is 11.3. The summed E-state index contributed by atoms with van der Waals surface area (Å²) in [5.41, 5.74) is 1.08. The van der Waals surface area contributed by atoms with E-state index in [1.54, 1.807) is 0 Å². The van der Waals surface area contributed by atoms with E-state index in [1.807, 2.05) is 30.3 Å². The SMILES string of the molecule is O=C(O)C(Cc1ccccc1)SCc1cccc(F)c1F. The Kier molecular flexibility index (Phi) is 5.33. The third kappa shape index (κ3) is 4.29. The molecule has 2 rings (SSSR count). The van der Waals surface area contributed by atoms with Crippen LogP contribution in [0.25, 0.3) is 0 Å². The summed E-state index contributed by atoms with van der Waals surface area (Å²) < 4.78 is 26.7. The zero-order valence-corrected chi connectivity index (χ0v) is 11.9. The van der Waals surface area contributed by atoms with Crippen molar-refractivity contribution in [1.29, 1.82) is 0 Å². The minimum Gasteiger partial charge on any atom is -0.480 e. The van der Waals surface area contributed by atoms with Gasteiger partial charge < -0.3 is 5.11 Å². The highest BCUT2D eigenvalue weighted by atomic mass is 32.2. The van der Waals surface area contributed by atoms with Gasteiger partial charge in [-0.25, -0.2) is 8.78 Å². The molecule has 0 aliphatic heterocycles. The van der Waals surface area contributed by atoms with Crippen LogP contribution < -0.4 is 0 Å². The second kappa shape index (κ2) is 7.22. The van der Waals surface area contributed by atoms with E-state index in [4.69, 9.17) is 0 Å². The van der Waals surface area contributed by atoms with E-state index in [1.165, 1.54) is 12.1 Å². The molecule has 0 radical (unpaired) electrons. The summed E-state index contributed by atoms with van der Waals surface area (Å²) >= 11 is 1.09. The number of aliphatic carboxylic acids is 1. The quantitative estimate of drug-likeness (QED) is 0.879. The fraction of sp³-hybridized carbons (Fsp3) is 0.188. The van der Waals surface area contributed by atoms with Crippen molar-refractivity contribution in [3.8, 4) is 0 Å². The van der Waals surface area contributed by atoms with Crippen LogP contribution in [0.4, 0.5) is 8.78 Å². The van der Waals surface area contributed by atoms with Gasteiger partial charge in [-0.3, -0.25) is 4.79 Å². The van der Waals surface area contributed by atoms with Crippen molar-refractivity contribution in [2.75, 3.05) is 0 Å². The highest BCUT2D eigenvalue weighted by Gasteiger charge is 2.19. The summed E-state index contributed by atoms with van der Waals surface area (Å²) in [6.07, 6.45) is 0.345. The molecule has 0 aromatic heterocycles. The highest BCUT2D eigenvalue weighted by molar-refractivity contribution is 7.99. The minimum atomic E-state index is -0.958. The molecule has 2 nitrogen and oxygen atoms in total. The molecule has 0 fully saturated rings. The van der Waals surface area contributed by atoms with Crippen molar-refractivity contribution in [2.24, 2.45) is 0 Å². The number of carboxylic acid groups (broad SMARTS) is 1. The Hall–Kier alpha value is -1.88. The van der Waals surface area contributed by atoms with Crippen molar-refractivity contribution >= 4 is 17.7 Å². The molecule has 0 bridgehead atoms. The van der Waals surface area contributed by atoms with E-state index in [2.05, 4.69) is 0 Å². The molecule has 0 aliphatic carbocycles. The zero-order chi connectivity index (χ0) is 15.2. The lowest BCUT2D eigenvalue weighted by molar-refractivity contribution is -0.136. The van der Waals surface area contributed by atoms with E-state index in [0.717, 1.165) is 23.4 Å². The fourth-order valence-corrected chi connectivity index (χ4v) is 2.95. The number of carbonyl (C=O) groups is 1. The first-order chi connectivity index (χ1) is 10.1. The normalized spacial score (nSPS) is 12.1. The van der Waals surface area contributed by atoms with Crippen LogP contribution in [0, 0.1) is 11.6 Å². The van der Waals surface area contributed by atoms with Crippen LogP contribution in [0.3, 0.4) is 0 Å². The maximum absolute atomic E-state index is 13.5. The first kappa shape index (κ1) is 15.5. The Morgan fingerprint density at radius 2 is 1.81 bits per heavy atom. The van der Waals surface area contributed by atoms with Gasteiger partial charge in [0.1, 0.15) is 5.25 Å². The Bertz CT molecular complexity index is 617. The molecule has 5 heteroatoms. The van der Waals surface area contributed by atoms with Crippen molar-refractivity contribution in [3.05, 3.63) is 71.3 Å². The number of carboxylic acids is 1. The minimum absolute atomic E-state index is 0.118. The number of hydrogen-bond acceptors (Lipinski definition) is 2. The van der Waals surface area contributed by atoms with Gasteiger partial charge in [0.25, 0.3) is 0 Å². The van der Waals surface area contributed by atoms with E-state index < -0.39 is 22.9 Å². The Morgan fingerprint density at radius 3 is 2.48 bits per heavy atom. The topological polar surface area (TPSA) is 37.3 Å². The first-order valence-electron chi connectivity index (χ1n) is 6.39. The predicted octanol–water partition coefficient (Wildman–Crippen LogP) is 3.89. The van der Waals surface area contributed by atoms with Crippen LogP contribution in [0.5, 0.6) is 0 Å². The Morgan fingerprint density at radius 1 is 1.10 bits per heavy atom. The van der Waals surface area contributed by atoms with E-state index >= 15 is 0 Å². The summed E-state index contributed by atoms with van der Waals surface area (Å²) in [5, 5.41) is 8.55. The van der Waals surface area contributed by atoms with Gasteiger partial charge in [-0.2, -0.15) is 0 Å². The molecule has 0 amide bonds. The van der Waals surface area contributed by atoms with Crippen molar-refractivity contribution in [1.82, 2.24) is 0 Å². The number of halogens is 2. The van der Waals surface area contributed by atoms with E-state index in [0.29, 0.717) is 6.42 Å². The maximum atomic E-state index is 13.5. The summed E-state index contributed by atoms with van der Waals surface area (Å²) in [7, 11) is 0. The summed E-state index contributed by atoms with van der Waals surface area (Å²) in [6, 6.07) is 13.2. The van der Waals surface area contributed by atoms with Crippen LogP contribution in [-0.4, -0.2) is 16.3 Å². The third-order valence-electron chi connectivity index (χ3n) is 3.01. The Labute approximate surface area is 125 Å². The fourth-order valence-electron chi connectivity index (χ4n) is 1.90. The lowest BCUT2D eigenvalue weighted by Gasteiger charge is -2.12. The molecular weight excluding hydrogens is 294 g/mol. The zero-order valence-electron chi connectivity index (χ0n) is 11.1. The first-order valence-corrected chi connectivity index (χ1v) is 7.44. The number of rotatable bonds is 6. The molecule has 2 aromatic rings. The van der Waals surface area contributed by atoms with Gasteiger partial charge in [0.2, 0.25) is 0 Å². The Balaban J connectivity index is 2.04. The van der Waals surface area contributed by atoms with Crippen LogP contribution >= 0.6 is 11.8 Å². The molecule has 0 aliphatic rings. The predicted molar refractivity (Wildman–Crippen MR) is 79.2 cm³/mol. The molecule has 0 spiro atoms. The molecule has 0 heterocycles. The van der Waals surface area contributed by atoms with Crippen LogP contribution in [-0.2, 0) is 17.0 Å². The average molecular weight is 308 g/mol. The van der Waals surface area contributed by atoms with Crippen molar-refractivity contribution in [2.45, 2.75) is 17.4 Å². The average Bonchev–Trinajstić information content (AvgIpc) is 2.48. The maximum Gasteiger partial charge on any atom is 0.316 e. The number of thioether (sulfide) groups is 1. The van der Waals surface area contributed by atoms with Gasteiger partial charge in [0.05, 0.1) is 0 Å². The number of benzene rings is 2. The van der Waals surface area contributed by atoms with E-state index in [9.17, 15) is 18.7 Å². The standard InChI is InChI=1S/C16H14F2O2S/c17-13-8-4-7-12(15(13)18)10-21-14(16(19)20)9-11-5-2-1-3-6-11/h1-8,14H,9-10H2,(H,19,20). The van der Waals surface area contributed by atoms with Gasteiger partial charge >= 0.3 is 5.97 Å². The third-order valence-corrected chi connectivity index (χ3v) is 4.26. The highest BCUT2D eigenvalue weighted by Crippen LogP contribution is 2.24. The molecule has 0 saturated carbocycles. The molecule has 21 heavy (non-hydrogen) atoms. The monoisotopic (exact) mass is 308 g/mol.